The van der Waals surface area contributed by atoms with Crippen molar-refractivity contribution in [2.45, 2.75) is 44.3 Å². The van der Waals surface area contributed by atoms with Crippen LogP contribution in [0.3, 0.4) is 0 Å². The van der Waals surface area contributed by atoms with E-state index in [1.165, 1.54) is 41.3 Å². The van der Waals surface area contributed by atoms with Crippen LogP contribution in [0.2, 0.25) is 20.1 Å². The van der Waals surface area contributed by atoms with E-state index < -0.39 is 34.4 Å². The monoisotopic (exact) mass is 629 g/mol. The average Bonchev–Trinajstić information content (AvgIpc) is 2.86. The fourth-order valence-corrected chi connectivity index (χ4v) is 5.97. The van der Waals surface area contributed by atoms with Gasteiger partial charge in [-0.15, -0.1) is 0 Å². The molecule has 208 valence electrons. The first kappa shape index (κ1) is 31.0. The Morgan fingerprint density at radius 2 is 1.44 bits per heavy atom. The van der Waals surface area contributed by atoms with E-state index in [9.17, 15) is 18.0 Å². The lowest BCUT2D eigenvalue weighted by Crippen LogP contribution is -2.52. The maximum Gasteiger partial charge on any atom is 0.264 e. The fourth-order valence-electron chi connectivity index (χ4n) is 3.74. The molecular formula is C27H27Cl4N3O4S. The summed E-state index contributed by atoms with van der Waals surface area (Å²) in [6, 6.07) is 15.4. The standard InChI is InChI=1S/C27H27Cl4N3O4S/c1-17(2)32-27(36)18(3)33(15-23-24(30)8-5-9-25(23)31)26(35)16-34(21-7-4-6-20(29)14-21)39(37,38)22-12-10-19(28)11-13-22/h4-14,17-18H,15-16H2,1-3H3,(H,32,36)/t18-/m1/s1. The second-order valence-corrected chi connectivity index (χ2v) is 12.6. The van der Waals surface area contributed by atoms with Crippen molar-refractivity contribution >= 4 is 73.9 Å². The van der Waals surface area contributed by atoms with Gasteiger partial charge in [0.1, 0.15) is 12.6 Å². The first-order valence-electron chi connectivity index (χ1n) is 11.9. The molecule has 3 aromatic rings. The molecule has 0 fully saturated rings. The fraction of sp³-hybridized carbons (Fsp3) is 0.259. The van der Waals surface area contributed by atoms with E-state index in [0.29, 0.717) is 20.6 Å². The Balaban J connectivity index is 2.07. The summed E-state index contributed by atoms with van der Waals surface area (Å²) in [5.41, 5.74) is 0.592. The summed E-state index contributed by atoms with van der Waals surface area (Å²) in [6.45, 7) is 4.38. The van der Waals surface area contributed by atoms with Gasteiger partial charge < -0.3 is 10.2 Å². The van der Waals surface area contributed by atoms with Crippen LogP contribution in [0, 0.1) is 0 Å². The molecule has 0 aliphatic carbocycles. The average molecular weight is 631 g/mol. The third-order valence-corrected chi connectivity index (χ3v) is 8.75. The molecule has 0 aliphatic heterocycles. The SMILES string of the molecule is CC(C)NC(=O)[C@@H](C)N(Cc1c(Cl)cccc1Cl)C(=O)CN(c1cccc(Cl)c1)S(=O)(=O)c1ccc(Cl)cc1. The normalized spacial score (nSPS) is 12.2. The minimum atomic E-state index is -4.25. The Labute approximate surface area is 248 Å². The van der Waals surface area contributed by atoms with Gasteiger partial charge in [0, 0.05) is 38.2 Å². The van der Waals surface area contributed by atoms with E-state index in [4.69, 9.17) is 46.4 Å². The van der Waals surface area contributed by atoms with E-state index in [1.54, 1.807) is 51.1 Å². The van der Waals surface area contributed by atoms with Crippen molar-refractivity contribution in [3.63, 3.8) is 0 Å². The lowest BCUT2D eigenvalue weighted by molar-refractivity contribution is -0.139. The molecule has 0 saturated heterocycles. The van der Waals surface area contributed by atoms with E-state index in [1.807, 2.05) is 0 Å². The van der Waals surface area contributed by atoms with Gasteiger partial charge in [0.05, 0.1) is 10.6 Å². The van der Waals surface area contributed by atoms with Gasteiger partial charge in [0.2, 0.25) is 11.8 Å². The van der Waals surface area contributed by atoms with Gasteiger partial charge in [-0.05, 0) is 75.4 Å². The number of amides is 2. The number of carbonyl (C=O) groups is 2. The molecule has 7 nitrogen and oxygen atoms in total. The number of hydrogen-bond acceptors (Lipinski definition) is 4. The summed E-state index contributed by atoms with van der Waals surface area (Å²) in [5.74, 6) is -1.08. The number of carbonyl (C=O) groups excluding carboxylic acids is 2. The minimum absolute atomic E-state index is 0.0778. The highest BCUT2D eigenvalue weighted by atomic mass is 35.5. The summed E-state index contributed by atoms with van der Waals surface area (Å²) in [6.07, 6.45) is 0. The third-order valence-electron chi connectivity index (χ3n) is 5.77. The van der Waals surface area contributed by atoms with Gasteiger partial charge in [0.25, 0.3) is 10.0 Å². The van der Waals surface area contributed by atoms with Gasteiger partial charge in [-0.3, -0.25) is 13.9 Å². The van der Waals surface area contributed by atoms with Gasteiger partial charge in [0.15, 0.2) is 0 Å². The third kappa shape index (κ3) is 7.80. The molecule has 3 aromatic carbocycles. The number of rotatable bonds is 10. The number of benzene rings is 3. The molecule has 0 saturated carbocycles. The maximum atomic E-state index is 13.9. The van der Waals surface area contributed by atoms with Crippen molar-refractivity contribution in [1.82, 2.24) is 10.2 Å². The number of nitrogens with one attached hydrogen (secondary N) is 1. The molecule has 1 atom stereocenters. The van der Waals surface area contributed by atoms with Crippen LogP contribution >= 0.6 is 46.4 Å². The maximum absolute atomic E-state index is 13.9. The van der Waals surface area contributed by atoms with Crippen LogP contribution < -0.4 is 9.62 Å². The lowest BCUT2D eigenvalue weighted by Gasteiger charge is -2.32. The predicted molar refractivity (Wildman–Crippen MR) is 157 cm³/mol. The first-order chi connectivity index (χ1) is 18.3. The van der Waals surface area contributed by atoms with Crippen molar-refractivity contribution < 1.29 is 18.0 Å². The zero-order valence-electron chi connectivity index (χ0n) is 21.4. The van der Waals surface area contributed by atoms with Gasteiger partial charge in [-0.25, -0.2) is 8.42 Å². The molecule has 0 heterocycles. The van der Waals surface area contributed by atoms with Crippen molar-refractivity contribution in [2.75, 3.05) is 10.8 Å². The van der Waals surface area contributed by atoms with E-state index in [2.05, 4.69) is 5.32 Å². The summed E-state index contributed by atoms with van der Waals surface area (Å²) in [7, 11) is -4.25. The molecule has 3 rings (SSSR count). The number of sulfonamides is 1. The molecule has 39 heavy (non-hydrogen) atoms. The molecule has 2 amide bonds. The quantitative estimate of drug-likeness (QED) is 0.279. The highest BCUT2D eigenvalue weighted by Gasteiger charge is 2.33. The highest BCUT2D eigenvalue weighted by molar-refractivity contribution is 7.92. The predicted octanol–water partition coefficient (Wildman–Crippen LogP) is 6.44. The number of nitrogens with zero attached hydrogens (tertiary/aromatic N) is 2. The molecule has 0 aromatic heterocycles. The highest BCUT2D eigenvalue weighted by Crippen LogP contribution is 2.29. The summed E-state index contributed by atoms with van der Waals surface area (Å²) >= 11 is 24.9. The smallest absolute Gasteiger partial charge is 0.264 e. The number of anilines is 1. The molecular weight excluding hydrogens is 604 g/mol. The van der Waals surface area contributed by atoms with Crippen molar-refractivity contribution in [3.05, 3.63) is 92.4 Å². The zero-order chi connectivity index (χ0) is 28.9. The van der Waals surface area contributed by atoms with Crippen LogP contribution in [0.25, 0.3) is 0 Å². The zero-order valence-corrected chi connectivity index (χ0v) is 25.2. The molecule has 1 N–H and O–H groups in total. The van der Waals surface area contributed by atoms with Gasteiger partial charge >= 0.3 is 0 Å². The van der Waals surface area contributed by atoms with Crippen LogP contribution in [0.15, 0.2) is 71.6 Å². The Bertz CT molecular complexity index is 1430. The summed E-state index contributed by atoms with van der Waals surface area (Å²) in [4.78, 5) is 28.1. The van der Waals surface area contributed by atoms with Gasteiger partial charge in [-0.2, -0.15) is 0 Å². The second kappa shape index (κ2) is 13.2. The Hall–Kier alpha value is -2.49. The Morgan fingerprint density at radius 1 is 0.846 bits per heavy atom. The van der Waals surface area contributed by atoms with E-state index in [0.717, 1.165) is 4.31 Å². The number of halogens is 4. The van der Waals surface area contributed by atoms with Gasteiger partial charge in [-0.1, -0.05) is 58.5 Å². The van der Waals surface area contributed by atoms with E-state index in [-0.39, 0.29) is 28.2 Å². The van der Waals surface area contributed by atoms with Crippen LogP contribution in [-0.2, 0) is 26.2 Å². The number of hydrogen-bond donors (Lipinski definition) is 1. The van der Waals surface area contributed by atoms with Crippen LogP contribution in [0.1, 0.15) is 26.3 Å². The molecule has 0 spiro atoms. The van der Waals surface area contributed by atoms with Crippen LogP contribution in [0.4, 0.5) is 5.69 Å². The topological polar surface area (TPSA) is 86.8 Å². The summed E-state index contributed by atoms with van der Waals surface area (Å²) < 4.78 is 28.5. The van der Waals surface area contributed by atoms with Crippen molar-refractivity contribution in [3.8, 4) is 0 Å². The molecule has 12 heteroatoms. The molecule has 0 unspecified atom stereocenters. The molecule has 0 radical (unpaired) electrons. The minimum Gasteiger partial charge on any atom is -0.352 e. The van der Waals surface area contributed by atoms with Crippen LogP contribution in [-0.4, -0.2) is 43.8 Å². The second-order valence-electron chi connectivity index (χ2n) is 9.01. The van der Waals surface area contributed by atoms with Crippen molar-refractivity contribution in [2.24, 2.45) is 0 Å². The van der Waals surface area contributed by atoms with E-state index >= 15 is 0 Å². The molecule has 0 bridgehead atoms. The largest absolute Gasteiger partial charge is 0.352 e. The van der Waals surface area contributed by atoms with Crippen molar-refractivity contribution in [1.29, 1.82) is 0 Å². The Kier molecular flexibility index (Phi) is 10.5. The summed E-state index contributed by atoms with van der Waals surface area (Å²) in [5, 5.41) is 4.02. The lowest BCUT2D eigenvalue weighted by atomic mass is 10.1. The molecule has 0 aliphatic rings. The van der Waals surface area contributed by atoms with Crippen LogP contribution in [0.5, 0.6) is 0 Å². The Morgan fingerprint density at radius 3 is 2.00 bits per heavy atom. The first-order valence-corrected chi connectivity index (χ1v) is 14.8.